The third kappa shape index (κ3) is 4.74. The van der Waals surface area contributed by atoms with Crippen LogP contribution in [0.4, 0.5) is 5.69 Å². The Balaban J connectivity index is 1.62. The second-order valence-corrected chi connectivity index (χ2v) is 7.40. The van der Waals surface area contributed by atoms with Crippen LogP contribution in [0.2, 0.25) is 5.02 Å². The Morgan fingerprint density at radius 2 is 1.85 bits per heavy atom. The Labute approximate surface area is 160 Å². The van der Waals surface area contributed by atoms with Gasteiger partial charge in [0.25, 0.3) is 0 Å². The molecular formula is C19H16ClN3O2S. The Morgan fingerprint density at radius 3 is 2.50 bits per heavy atom. The molecule has 0 aliphatic heterocycles. The lowest BCUT2D eigenvalue weighted by Crippen LogP contribution is -2.22. The van der Waals surface area contributed by atoms with Gasteiger partial charge in [-0.3, -0.25) is 4.79 Å². The molecule has 0 aliphatic rings. The van der Waals surface area contributed by atoms with Crippen LogP contribution in [0.3, 0.4) is 0 Å². The number of hydrogen-bond acceptors (Lipinski definition) is 5. The van der Waals surface area contributed by atoms with Gasteiger partial charge in [-0.05, 0) is 43.3 Å². The van der Waals surface area contributed by atoms with E-state index in [1.54, 1.807) is 48.8 Å². The quantitative estimate of drug-likeness (QED) is 0.626. The molecule has 1 heterocycles. The van der Waals surface area contributed by atoms with E-state index < -0.39 is 0 Å². The number of phenolic OH excluding ortho intramolecular Hbond substituents is 1. The van der Waals surface area contributed by atoms with Gasteiger partial charge in [0.1, 0.15) is 5.75 Å². The highest BCUT2D eigenvalue weighted by Crippen LogP contribution is 2.26. The molecule has 0 saturated heterocycles. The first-order valence-corrected chi connectivity index (χ1v) is 9.11. The minimum absolute atomic E-state index is 0.140. The second-order valence-electron chi connectivity index (χ2n) is 5.55. The maximum absolute atomic E-state index is 12.3. The third-order valence-corrected chi connectivity index (χ3v) is 4.88. The topological polar surface area (TPSA) is 75.1 Å². The van der Waals surface area contributed by atoms with Gasteiger partial charge in [-0.1, -0.05) is 23.7 Å². The highest BCUT2D eigenvalue weighted by atomic mass is 35.5. The van der Waals surface area contributed by atoms with Gasteiger partial charge in [0.15, 0.2) is 5.82 Å². The molecule has 26 heavy (non-hydrogen) atoms. The molecule has 3 rings (SSSR count). The minimum Gasteiger partial charge on any atom is -0.508 e. The molecule has 1 unspecified atom stereocenters. The number of nitrogens with one attached hydrogen (secondary N) is 1. The van der Waals surface area contributed by atoms with Crippen molar-refractivity contribution in [1.82, 2.24) is 9.97 Å². The van der Waals surface area contributed by atoms with Crippen molar-refractivity contribution in [3.8, 4) is 17.1 Å². The minimum atomic E-state index is -0.290. The van der Waals surface area contributed by atoms with Gasteiger partial charge in [-0.2, -0.15) is 0 Å². The van der Waals surface area contributed by atoms with Crippen molar-refractivity contribution < 1.29 is 9.90 Å². The summed E-state index contributed by atoms with van der Waals surface area (Å²) in [7, 11) is 0. The van der Waals surface area contributed by atoms with Crippen LogP contribution in [0, 0.1) is 0 Å². The number of halogens is 1. The molecule has 7 heteroatoms. The van der Waals surface area contributed by atoms with Crippen molar-refractivity contribution in [2.75, 3.05) is 5.32 Å². The molecule has 2 N–H and O–H groups in total. The number of amides is 1. The van der Waals surface area contributed by atoms with Crippen molar-refractivity contribution in [2.24, 2.45) is 0 Å². The molecule has 0 spiro atoms. The van der Waals surface area contributed by atoms with Crippen molar-refractivity contribution in [3.05, 3.63) is 65.9 Å². The number of carbonyl (C=O) groups is 1. The first kappa shape index (κ1) is 18.2. The SMILES string of the molecule is CC(Sc1ccc(Cl)cc1)C(=O)Nc1cnc(-c2cccc(O)c2)nc1. The van der Waals surface area contributed by atoms with Crippen LogP contribution in [-0.4, -0.2) is 26.2 Å². The van der Waals surface area contributed by atoms with Gasteiger partial charge in [0, 0.05) is 15.5 Å². The number of carbonyl (C=O) groups excluding carboxylic acids is 1. The fourth-order valence-electron chi connectivity index (χ4n) is 2.20. The van der Waals surface area contributed by atoms with E-state index >= 15 is 0 Å². The average molecular weight is 386 g/mol. The monoisotopic (exact) mass is 385 g/mol. The molecule has 2 aromatic carbocycles. The molecule has 5 nitrogen and oxygen atoms in total. The second kappa shape index (κ2) is 8.21. The first-order valence-electron chi connectivity index (χ1n) is 7.86. The van der Waals surface area contributed by atoms with E-state index in [2.05, 4.69) is 15.3 Å². The molecule has 132 valence electrons. The van der Waals surface area contributed by atoms with Crippen LogP contribution < -0.4 is 5.32 Å². The van der Waals surface area contributed by atoms with E-state index in [0.717, 1.165) is 4.90 Å². The summed E-state index contributed by atoms with van der Waals surface area (Å²) in [6, 6.07) is 14.0. The lowest BCUT2D eigenvalue weighted by atomic mass is 10.2. The van der Waals surface area contributed by atoms with Crippen LogP contribution in [0.5, 0.6) is 5.75 Å². The Morgan fingerprint density at radius 1 is 1.15 bits per heavy atom. The molecule has 3 aromatic rings. The maximum Gasteiger partial charge on any atom is 0.237 e. The van der Waals surface area contributed by atoms with Gasteiger partial charge in [0.05, 0.1) is 23.3 Å². The summed E-state index contributed by atoms with van der Waals surface area (Å²) in [6.07, 6.45) is 3.09. The summed E-state index contributed by atoms with van der Waals surface area (Å²) < 4.78 is 0. The molecule has 0 saturated carbocycles. The fourth-order valence-corrected chi connectivity index (χ4v) is 3.19. The number of aromatic hydroxyl groups is 1. The van der Waals surface area contributed by atoms with Crippen molar-refractivity contribution in [1.29, 1.82) is 0 Å². The first-order chi connectivity index (χ1) is 12.5. The number of benzene rings is 2. The van der Waals surface area contributed by atoms with Gasteiger partial charge in [-0.25, -0.2) is 9.97 Å². The zero-order valence-electron chi connectivity index (χ0n) is 13.9. The molecule has 0 radical (unpaired) electrons. The summed E-state index contributed by atoms with van der Waals surface area (Å²) >= 11 is 7.31. The van der Waals surface area contributed by atoms with Crippen LogP contribution in [-0.2, 0) is 4.79 Å². The zero-order valence-corrected chi connectivity index (χ0v) is 15.5. The molecule has 1 amide bonds. The average Bonchev–Trinajstić information content (AvgIpc) is 2.64. The van der Waals surface area contributed by atoms with E-state index in [1.807, 2.05) is 19.1 Å². The van der Waals surface area contributed by atoms with Crippen molar-refractivity contribution >= 4 is 35.0 Å². The molecule has 0 aliphatic carbocycles. The molecule has 0 bridgehead atoms. The predicted molar refractivity (Wildman–Crippen MR) is 105 cm³/mol. The van der Waals surface area contributed by atoms with E-state index in [1.165, 1.54) is 11.8 Å². The fraction of sp³-hybridized carbons (Fsp3) is 0.105. The van der Waals surface area contributed by atoms with E-state index in [0.29, 0.717) is 22.1 Å². The van der Waals surface area contributed by atoms with Gasteiger partial charge in [0.2, 0.25) is 5.91 Å². The van der Waals surface area contributed by atoms with Crippen molar-refractivity contribution in [3.63, 3.8) is 0 Å². The Kier molecular flexibility index (Phi) is 5.75. The highest BCUT2D eigenvalue weighted by molar-refractivity contribution is 8.00. The number of aromatic nitrogens is 2. The van der Waals surface area contributed by atoms with E-state index in [9.17, 15) is 9.90 Å². The highest BCUT2D eigenvalue weighted by Gasteiger charge is 2.15. The van der Waals surface area contributed by atoms with Gasteiger partial charge < -0.3 is 10.4 Å². The van der Waals surface area contributed by atoms with E-state index in [4.69, 9.17) is 11.6 Å². The normalized spacial score (nSPS) is 11.8. The van der Waals surface area contributed by atoms with E-state index in [-0.39, 0.29) is 16.9 Å². The third-order valence-electron chi connectivity index (χ3n) is 3.52. The summed E-state index contributed by atoms with van der Waals surface area (Å²) in [6.45, 7) is 1.83. The number of thioether (sulfide) groups is 1. The van der Waals surface area contributed by atoms with Crippen LogP contribution >= 0.6 is 23.4 Å². The summed E-state index contributed by atoms with van der Waals surface area (Å²) in [4.78, 5) is 21.8. The van der Waals surface area contributed by atoms with Gasteiger partial charge >= 0.3 is 0 Å². The molecule has 1 aromatic heterocycles. The molecular weight excluding hydrogens is 370 g/mol. The largest absolute Gasteiger partial charge is 0.508 e. The maximum atomic E-state index is 12.3. The van der Waals surface area contributed by atoms with Crippen LogP contribution in [0.1, 0.15) is 6.92 Å². The summed E-state index contributed by atoms with van der Waals surface area (Å²) in [5.74, 6) is 0.484. The summed E-state index contributed by atoms with van der Waals surface area (Å²) in [5.41, 5.74) is 1.22. The number of rotatable bonds is 5. The van der Waals surface area contributed by atoms with Crippen molar-refractivity contribution in [2.45, 2.75) is 17.1 Å². The van der Waals surface area contributed by atoms with Gasteiger partial charge in [-0.15, -0.1) is 11.8 Å². The number of hydrogen-bond donors (Lipinski definition) is 2. The smallest absolute Gasteiger partial charge is 0.237 e. The molecule has 1 atom stereocenters. The predicted octanol–water partition coefficient (Wildman–Crippen LogP) is 4.62. The Bertz CT molecular complexity index is 901. The molecule has 0 fully saturated rings. The zero-order chi connectivity index (χ0) is 18.5. The van der Waals surface area contributed by atoms with Crippen LogP contribution in [0.15, 0.2) is 65.8 Å². The number of phenols is 1. The Hall–Kier alpha value is -2.57. The number of nitrogens with zero attached hydrogens (tertiary/aromatic N) is 2. The standard InChI is InChI=1S/C19H16ClN3O2S/c1-12(26-17-7-5-14(20)6-8-17)19(25)23-15-10-21-18(22-11-15)13-3-2-4-16(24)9-13/h2-12,24H,1H3,(H,23,25). The lowest BCUT2D eigenvalue weighted by Gasteiger charge is -2.12. The van der Waals surface area contributed by atoms with Crippen LogP contribution in [0.25, 0.3) is 11.4 Å². The summed E-state index contributed by atoms with van der Waals surface area (Å²) in [5, 5.41) is 12.7. The number of anilines is 1. The lowest BCUT2D eigenvalue weighted by molar-refractivity contribution is -0.115.